The van der Waals surface area contributed by atoms with E-state index in [0.717, 1.165) is 6.42 Å². The van der Waals surface area contributed by atoms with Crippen LogP contribution in [0.4, 0.5) is 0 Å². The summed E-state index contributed by atoms with van der Waals surface area (Å²) in [5.74, 6) is 0.110. The van der Waals surface area contributed by atoms with E-state index in [9.17, 15) is 4.79 Å². The Morgan fingerprint density at radius 2 is 1.47 bits per heavy atom. The number of pyridine rings is 1. The zero-order valence-corrected chi connectivity index (χ0v) is 11.8. The van der Waals surface area contributed by atoms with Gasteiger partial charge in [-0.3, -0.25) is 0 Å². The highest BCUT2D eigenvalue weighted by Crippen LogP contribution is 2.13. The summed E-state index contributed by atoms with van der Waals surface area (Å²) >= 11 is 0. The van der Waals surface area contributed by atoms with Gasteiger partial charge >= 0.3 is 5.91 Å². The van der Waals surface area contributed by atoms with Gasteiger partial charge in [-0.1, -0.05) is 30.3 Å². The first-order valence-corrected chi connectivity index (χ1v) is 6.56. The van der Waals surface area contributed by atoms with Crippen LogP contribution in [0, 0.1) is 5.41 Å². The second kappa shape index (κ2) is 5.35. The highest BCUT2D eigenvalue weighted by molar-refractivity contribution is 5.72. The minimum atomic E-state index is -0.356. The van der Waals surface area contributed by atoms with E-state index >= 15 is 0 Å². The average Bonchev–Trinajstić information content (AvgIpc) is 2.39. The van der Waals surface area contributed by atoms with Crippen LogP contribution in [0.5, 0.6) is 0 Å². The molecule has 0 fully saturated rings. The van der Waals surface area contributed by atoms with E-state index < -0.39 is 0 Å². The lowest BCUT2D eigenvalue weighted by atomic mass is 9.95. The Morgan fingerprint density at radius 1 is 0.947 bits per heavy atom. The van der Waals surface area contributed by atoms with Crippen LogP contribution in [0.15, 0.2) is 54.9 Å². The van der Waals surface area contributed by atoms with Crippen molar-refractivity contribution in [3.63, 3.8) is 0 Å². The summed E-state index contributed by atoms with van der Waals surface area (Å²) in [6.45, 7) is 5.79. The molecule has 2 aromatic rings. The molecule has 0 saturated carbocycles. The van der Waals surface area contributed by atoms with Crippen LogP contribution >= 0.6 is 0 Å². The largest absolute Gasteiger partial charge is 0.397 e. The molecule has 0 amide bonds. The minimum Gasteiger partial charge on any atom is -0.219 e. The first-order valence-electron chi connectivity index (χ1n) is 6.56. The summed E-state index contributed by atoms with van der Waals surface area (Å²) in [5, 5.41) is 0. The van der Waals surface area contributed by atoms with Crippen molar-refractivity contribution in [3.05, 3.63) is 66.0 Å². The van der Waals surface area contributed by atoms with Crippen LogP contribution in [-0.2, 0) is 6.42 Å². The molecule has 19 heavy (non-hydrogen) atoms. The smallest absolute Gasteiger partial charge is 0.219 e. The third kappa shape index (κ3) is 3.50. The van der Waals surface area contributed by atoms with E-state index in [4.69, 9.17) is 0 Å². The van der Waals surface area contributed by atoms with E-state index in [-0.39, 0.29) is 11.3 Å². The van der Waals surface area contributed by atoms with Crippen LogP contribution in [0.25, 0.3) is 0 Å². The quantitative estimate of drug-likeness (QED) is 0.754. The fourth-order valence-electron chi connectivity index (χ4n) is 1.93. The van der Waals surface area contributed by atoms with Crippen molar-refractivity contribution >= 4 is 5.91 Å². The predicted octanol–water partition coefficient (Wildman–Crippen LogP) is 3.25. The van der Waals surface area contributed by atoms with E-state index in [2.05, 4.69) is 12.1 Å². The van der Waals surface area contributed by atoms with Crippen molar-refractivity contribution in [1.82, 2.24) is 0 Å². The molecule has 0 atom stereocenters. The summed E-state index contributed by atoms with van der Waals surface area (Å²) in [5.41, 5.74) is 2.14. The fraction of sp³-hybridized carbons (Fsp3) is 0.294. The van der Waals surface area contributed by atoms with Crippen molar-refractivity contribution in [1.29, 1.82) is 0 Å². The summed E-state index contributed by atoms with van der Waals surface area (Å²) < 4.78 is 1.66. The van der Waals surface area contributed by atoms with Gasteiger partial charge in [-0.15, -0.1) is 4.57 Å². The van der Waals surface area contributed by atoms with Crippen molar-refractivity contribution in [2.75, 3.05) is 0 Å². The van der Waals surface area contributed by atoms with E-state index in [1.54, 1.807) is 4.57 Å². The second-order valence-electron chi connectivity index (χ2n) is 5.83. The van der Waals surface area contributed by atoms with Crippen molar-refractivity contribution in [2.45, 2.75) is 27.2 Å². The SMILES string of the molecule is CC(C)(C)C(=O)[n+]1ccc(Cc2ccccc2)cc1. The van der Waals surface area contributed by atoms with Gasteiger partial charge in [0.15, 0.2) is 12.4 Å². The molecule has 1 heterocycles. The third-order valence-corrected chi connectivity index (χ3v) is 3.03. The standard InChI is InChI=1S/C17H20NO/c1-17(2,3)16(19)18-11-9-15(10-12-18)13-14-7-5-4-6-8-14/h4-12H,13H2,1-3H3/q+1. The Morgan fingerprint density at radius 3 is 2.00 bits per heavy atom. The second-order valence-corrected chi connectivity index (χ2v) is 5.83. The molecule has 2 heteroatoms. The maximum Gasteiger partial charge on any atom is 0.397 e. The maximum absolute atomic E-state index is 12.1. The third-order valence-electron chi connectivity index (χ3n) is 3.03. The normalized spacial score (nSPS) is 11.3. The molecule has 0 radical (unpaired) electrons. The molecular formula is C17H20NO+. The number of aromatic nitrogens is 1. The van der Waals surface area contributed by atoms with Crippen molar-refractivity contribution < 1.29 is 9.36 Å². The molecule has 98 valence electrons. The van der Waals surface area contributed by atoms with Gasteiger partial charge < -0.3 is 0 Å². The minimum absolute atomic E-state index is 0.110. The lowest BCUT2D eigenvalue weighted by Crippen LogP contribution is -2.48. The van der Waals surface area contributed by atoms with Crippen LogP contribution in [-0.4, -0.2) is 5.91 Å². The number of hydrogen-bond acceptors (Lipinski definition) is 1. The number of nitrogens with zero attached hydrogens (tertiary/aromatic N) is 1. The average molecular weight is 254 g/mol. The topological polar surface area (TPSA) is 20.9 Å². The van der Waals surface area contributed by atoms with Crippen LogP contribution in [0.2, 0.25) is 0 Å². The summed E-state index contributed by atoms with van der Waals surface area (Å²) in [7, 11) is 0. The van der Waals surface area contributed by atoms with Crippen LogP contribution in [0.3, 0.4) is 0 Å². The molecule has 0 N–H and O–H groups in total. The lowest BCUT2D eigenvalue weighted by Gasteiger charge is -2.10. The van der Waals surface area contributed by atoms with Gasteiger partial charge in [0.05, 0.1) is 5.41 Å². The Bertz CT molecular complexity index is 550. The van der Waals surface area contributed by atoms with Gasteiger partial charge in [0.2, 0.25) is 0 Å². The summed E-state index contributed by atoms with van der Waals surface area (Å²) in [4.78, 5) is 12.1. The van der Waals surface area contributed by atoms with Crippen molar-refractivity contribution in [2.24, 2.45) is 5.41 Å². The molecule has 0 aliphatic carbocycles. The maximum atomic E-state index is 12.1. The molecule has 2 rings (SSSR count). The predicted molar refractivity (Wildman–Crippen MR) is 76.0 cm³/mol. The molecule has 1 aromatic carbocycles. The lowest BCUT2D eigenvalue weighted by molar-refractivity contribution is -0.579. The molecule has 1 aromatic heterocycles. The molecule has 0 spiro atoms. The summed E-state index contributed by atoms with van der Waals surface area (Å²) in [6.07, 6.45) is 4.60. The van der Waals surface area contributed by atoms with Gasteiger partial charge in [0.25, 0.3) is 0 Å². The molecular weight excluding hydrogens is 234 g/mol. The van der Waals surface area contributed by atoms with E-state index in [0.29, 0.717) is 0 Å². The first kappa shape index (κ1) is 13.5. The molecule has 0 aliphatic heterocycles. The van der Waals surface area contributed by atoms with E-state index in [1.807, 2.05) is 63.5 Å². The fourth-order valence-corrected chi connectivity index (χ4v) is 1.93. The number of carbonyl (C=O) groups excluding carboxylic acids is 1. The molecule has 0 aliphatic rings. The molecule has 0 saturated heterocycles. The zero-order chi connectivity index (χ0) is 13.9. The van der Waals surface area contributed by atoms with Gasteiger partial charge in [0.1, 0.15) is 0 Å². The zero-order valence-electron chi connectivity index (χ0n) is 11.8. The Hall–Kier alpha value is -1.96. The van der Waals surface area contributed by atoms with Gasteiger partial charge in [-0.2, -0.15) is 0 Å². The Labute approximate surface area is 114 Å². The highest BCUT2D eigenvalue weighted by atomic mass is 16.2. The Kier molecular flexibility index (Phi) is 3.79. The Balaban J connectivity index is 2.13. The molecule has 0 unspecified atom stereocenters. The number of carbonyl (C=O) groups is 1. The van der Waals surface area contributed by atoms with Gasteiger partial charge in [-0.05, 0) is 38.3 Å². The first-order chi connectivity index (χ1) is 8.97. The number of hydrogen-bond donors (Lipinski definition) is 0. The van der Waals surface area contributed by atoms with Crippen LogP contribution in [0.1, 0.15) is 36.7 Å². The highest BCUT2D eigenvalue weighted by Gasteiger charge is 2.30. The van der Waals surface area contributed by atoms with Crippen molar-refractivity contribution in [3.8, 4) is 0 Å². The van der Waals surface area contributed by atoms with Crippen LogP contribution < -0.4 is 4.57 Å². The number of rotatable bonds is 2. The molecule has 0 bridgehead atoms. The van der Waals surface area contributed by atoms with E-state index in [1.165, 1.54) is 11.1 Å². The van der Waals surface area contributed by atoms with Gasteiger partial charge in [-0.25, -0.2) is 4.79 Å². The molecule has 2 nitrogen and oxygen atoms in total. The number of benzene rings is 1. The monoisotopic (exact) mass is 254 g/mol. The summed E-state index contributed by atoms with van der Waals surface area (Å²) in [6, 6.07) is 14.4. The van der Waals surface area contributed by atoms with Gasteiger partial charge in [0, 0.05) is 12.1 Å².